The summed E-state index contributed by atoms with van der Waals surface area (Å²) in [7, 11) is 1.90. The molecule has 3 fully saturated rings. The molecule has 1 aromatic heterocycles. The number of sulfone groups is 1. The molecule has 3 aliphatic rings. The van der Waals surface area contributed by atoms with Gasteiger partial charge in [0.2, 0.25) is 0 Å². The molecule has 3 aliphatic heterocycles. The molecule has 21 heteroatoms. The molecule has 0 amide bonds. The molecule has 1 aromatic carbocycles. The number of nitrogens with two attached hydrogens (primary N) is 1. The van der Waals surface area contributed by atoms with Crippen LogP contribution in [-0.4, -0.2) is 197 Å². The van der Waals surface area contributed by atoms with Gasteiger partial charge < -0.3 is 64.4 Å². The van der Waals surface area contributed by atoms with Gasteiger partial charge >= 0.3 is 5.97 Å². The number of cyclic esters (lactones) is 1. The first-order valence-corrected chi connectivity index (χ1v) is 27.5. The number of rotatable bonds is 15. The highest BCUT2D eigenvalue weighted by atomic mass is 32.2. The van der Waals surface area contributed by atoms with Gasteiger partial charge in [-0.1, -0.05) is 38.1 Å². The lowest BCUT2D eigenvalue weighted by atomic mass is 9.77. The smallest absolute Gasteiger partial charge is 0.311 e. The lowest BCUT2D eigenvalue weighted by molar-refractivity contribution is -0.311. The van der Waals surface area contributed by atoms with Crippen LogP contribution in [0.2, 0.25) is 0 Å². The van der Waals surface area contributed by atoms with Crippen LogP contribution in [0.3, 0.4) is 0 Å². The van der Waals surface area contributed by atoms with E-state index in [-0.39, 0.29) is 36.5 Å². The van der Waals surface area contributed by atoms with E-state index in [1.54, 1.807) is 53.1 Å². The highest BCUT2D eigenvalue weighted by Gasteiger charge is 2.52. The number of benzene rings is 1. The summed E-state index contributed by atoms with van der Waals surface area (Å²) >= 11 is 0. The zero-order chi connectivity index (χ0) is 53.8. The van der Waals surface area contributed by atoms with E-state index in [2.05, 4.69) is 10.3 Å². The van der Waals surface area contributed by atoms with Crippen LogP contribution >= 0.6 is 0 Å². The molecule has 19 atom stereocenters. The van der Waals surface area contributed by atoms with Gasteiger partial charge in [-0.25, -0.2) is 17.5 Å². The first-order valence-electron chi connectivity index (χ1n) is 25.6. The molecule has 3 saturated heterocycles. The first kappa shape index (κ1) is 60.1. The van der Waals surface area contributed by atoms with Crippen molar-refractivity contribution in [2.45, 2.75) is 209 Å². The number of aliphatic hydroxyl groups is 4. The van der Waals surface area contributed by atoms with Gasteiger partial charge in [0.1, 0.15) is 30.6 Å². The number of ether oxygens (including phenoxy) is 6. The second-order valence-corrected chi connectivity index (χ2v) is 24.1. The molecule has 4 heterocycles. The summed E-state index contributed by atoms with van der Waals surface area (Å²) in [6.45, 7) is 17.8. The zero-order valence-electron chi connectivity index (χ0n) is 45.1. The minimum absolute atomic E-state index is 0.170. The predicted molar refractivity (Wildman–Crippen MR) is 267 cm³/mol. The Labute approximate surface area is 427 Å². The van der Waals surface area contributed by atoms with Crippen molar-refractivity contribution in [3.8, 4) is 0 Å². The van der Waals surface area contributed by atoms with Gasteiger partial charge in [-0.15, -0.1) is 5.10 Å². The number of carbonyl (C=O) groups is 1. The monoisotopic (exact) mass is 1040 g/mol. The standard InChI is InChI=1S/C51H87FN6O13S/c1-15-40-51(10,63)45(60)33(6)57(12)27-29(2)24-49(8,62)46(31(4)43(32(5)47(61)69-40)70-41-25-50(9,66-13)44(53)34(7)68-41)71-48-42(59)39(22-30(3)67-48)56(11)21-20-36-28-58(55-54-36)37(26-52)23-35-16-18-38(19-17-35)72(14,64)65/h16-19,28-34,37,39-46,48,59-60,62-63H,15,20-27,53H2,1-14H3/t29-,30-,31+,32-,33-,34+,37+,39+,40-,41+,42-,43+,44+,45-,46-,48+,49-,50-,51-/m1/s1. The highest BCUT2D eigenvalue weighted by Crippen LogP contribution is 2.40. The summed E-state index contributed by atoms with van der Waals surface area (Å²) in [5.74, 6) is -2.80. The number of halogens is 1. The number of aromatic nitrogens is 3. The lowest BCUT2D eigenvalue weighted by Crippen LogP contribution is -2.62. The molecule has 2 aromatic rings. The highest BCUT2D eigenvalue weighted by molar-refractivity contribution is 7.90. The molecule has 0 spiro atoms. The van der Waals surface area contributed by atoms with E-state index in [0.29, 0.717) is 31.6 Å². The lowest BCUT2D eigenvalue weighted by Gasteiger charge is -2.49. The molecule has 412 valence electrons. The van der Waals surface area contributed by atoms with Crippen LogP contribution in [0.1, 0.15) is 112 Å². The summed E-state index contributed by atoms with van der Waals surface area (Å²) in [5, 5.41) is 57.2. The number of aliphatic hydroxyl groups excluding tert-OH is 2. The molecular weight excluding hydrogens is 956 g/mol. The molecule has 0 radical (unpaired) electrons. The van der Waals surface area contributed by atoms with Crippen molar-refractivity contribution in [3.63, 3.8) is 0 Å². The summed E-state index contributed by atoms with van der Waals surface area (Å²) in [4.78, 5) is 18.6. The molecular formula is C51H87FN6O13S. The van der Waals surface area contributed by atoms with E-state index in [9.17, 15) is 38.0 Å². The quantitative estimate of drug-likeness (QED) is 0.161. The SMILES string of the molecule is CC[C@H]1OC(=O)[C@H](C)[C@@H](O[C@H]2C[C@@](C)(OC)[C@@H](N)[C@H](C)O2)[C@H](C)[C@@H](O[C@@H]2O[C@H](C)C[C@H](N(C)CCc3cn([C@H](CF)Cc4ccc(S(C)(=O)=O)cc4)nn3)[C@H]2O)[C@](C)(O)C[C@@H](C)CN(C)[C@H](C)[C@@H](O)[C@]1(C)O. The first-order chi connectivity index (χ1) is 33.5. The van der Waals surface area contributed by atoms with Gasteiger partial charge in [-0.2, -0.15) is 0 Å². The average Bonchev–Trinajstić information content (AvgIpc) is 3.79. The third-order valence-corrected chi connectivity index (χ3v) is 17.0. The third kappa shape index (κ3) is 14.2. The zero-order valence-corrected chi connectivity index (χ0v) is 45.9. The second kappa shape index (κ2) is 24.5. The summed E-state index contributed by atoms with van der Waals surface area (Å²) < 4.78 is 78.3. The topological polar surface area (TPSA) is 251 Å². The summed E-state index contributed by atoms with van der Waals surface area (Å²) in [6, 6.07) is 4.11. The van der Waals surface area contributed by atoms with Crippen molar-refractivity contribution < 1.29 is 66.5 Å². The van der Waals surface area contributed by atoms with Crippen LogP contribution in [0.4, 0.5) is 4.39 Å². The van der Waals surface area contributed by atoms with E-state index in [1.165, 1.54) is 23.7 Å². The van der Waals surface area contributed by atoms with Crippen LogP contribution in [0.15, 0.2) is 35.4 Å². The van der Waals surface area contributed by atoms with Crippen LogP contribution in [0, 0.1) is 17.8 Å². The molecule has 72 heavy (non-hydrogen) atoms. The molecule has 0 aliphatic carbocycles. The largest absolute Gasteiger partial charge is 0.459 e. The number of likely N-dealkylation sites (N-methyl/N-ethyl adjacent to an activating group) is 2. The molecule has 0 saturated carbocycles. The number of nitrogens with zero attached hydrogens (tertiary/aromatic N) is 5. The van der Waals surface area contributed by atoms with Crippen molar-refractivity contribution in [3.05, 3.63) is 41.7 Å². The Bertz CT molecular complexity index is 2160. The van der Waals surface area contributed by atoms with Gasteiger partial charge in [0.05, 0.1) is 64.2 Å². The van der Waals surface area contributed by atoms with Gasteiger partial charge in [-0.3, -0.25) is 4.79 Å². The normalized spacial score (nSPS) is 39.8. The Hall–Kier alpha value is -2.77. The van der Waals surface area contributed by atoms with E-state index in [1.807, 2.05) is 58.5 Å². The second-order valence-electron chi connectivity index (χ2n) is 22.1. The number of methoxy groups -OCH3 is 1. The van der Waals surface area contributed by atoms with Gasteiger partial charge in [0, 0.05) is 63.5 Å². The Morgan fingerprint density at radius 3 is 2.28 bits per heavy atom. The fourth-order valence-electron chi connectivity index (χ4n) is 11.1. The molecule has 0 bridgehead atoms. The maximum Gasteiger partial charge on any atom is 0.311 e. The Morgan fingerprint density at radius 2 is 1.68 bits per heavy atom. The van der Waals surface area contributed by atoms with Crippen molar-refractivity contribution in [1.29, 1.82) is 0 Å². The number of alkyl halides is 1. The molecule has 6 N–H and O–H groups in total. The number of hydrogen-bond donors (Lipinski definition) is 5. The van der Waals surface area contributed by atoms with E-state index >= 15 is 0 Å². The van der Waals surface area contributed by atoms with E-state index in [0.717, 1.165) is 11.8 Å². The predicted octanol–water partition coefficient (Wildman–Crippen LogP) is 3.23. The maximum atomic E-state index is 14.5. The van der Waals surface area contributed by atoms with E-state index < -0.39 is 131 Å². The average molecular weight is 1040 g/mol. The van der Waals surface area contributed by atoms with Gasteiger partial charge in [0.15, 0.2) is 22.4 Å². The fraction of sp³-hybridized carbons (Fsp3) is 0.824. The van der Waals surface area contributed by atoms with Crippen molar-refractivity contribution in [2.24, 2.45) is 23.5 Å². The van der Waals surface area contributed by atoms with E-state index in [4.69, 9.17) is 34.2 Å². The molecule has 0 unspecified atom stereocenters. The molecule has 5 rings (SSSR count). The number of carbonyl (C=O) groups excluding carboxylic acids is 1. The van der Waals surface area contributed by atoms with Crippen LogP contribution < -0.4 is 5.73 Å². The Kier molecular flexibility index (Phi) is 20.4. The summed E-state index contributed by atoms with van der Waals surface area (Å²) in [5.41, 5.74) is 3.56. The van der Waals surface area contributed by atoms with Gasteiger partial charge in [0.25, 0.3) is 0 Å². The minimum atomic E-state index is -3.37. The maximum absolute atomic E-state index is 14.5. The number of esters is 1. The third-order valence-electron chi connectivity index (χ3n) is 15.9. The molecule has 19 nitrogen and oxygen atoms in total. The minimum Gasteiger partial charge on any atom is -0.459 e. The van der Waals surface area contributed by atoms with Crippen molar-refractivity contribution in [2.75, 3.05) is 47.2 Å². The summed E-state index contributed by atoms with van der Waals surface area (Å²) in [6.07, 6.45) is -4.44. The van der Waals surface area contributed by atoms with Crippen molar-refractivity contribution >= 4 is 15.8 Å². The Morgan fingerprint density at radius 1 is 1.03 bits per heavy atom. The van der Waals surface area contributed by atoms with Crippen LogP contribution in [0.25, 0.3) is 0 Å². The van der Waals surface area contributed by atoms with Crippen molar-refractivity contribution in [1.82, 2.24) is 24.8 Å². The number of hydrogen-bond acceptors (Lipinski definition) is 18. The van der Waals surface area contributed by atoms with Gasteiger partial charge in [-0.05, 0) is 112 Å². The van der Waals surface area contributed by atoms with Crippen LogP contribution in [0.5, 0.6) is 0 Å². The van der Waals surface area contributed by atoms with Crippen LogP contribution in [-0.2, 0) is 55.9 Å². The fourth-order valence-corrected chi connectivity index (χ4v) is 11.8. The Balaban J connectivity index is 1.43.